The van der Waals surface area contributed by atoms with Crippen LogP contribution < -0.4 is 5.73 Å². The predicted molar refractivity (Wildman–Crippen MR) is 92.6 cm³/mol. The molecule has 1 fully saturated rings. The van der Waals surface area contributed by atoms with Crippen LogP contribution in [-0.4, -0.2) is 34.3 Å². The number of nitrogens with two attached hydrogens (primary N) is 1. The fraction of sp³-hybridized carbons (Fsp3) is 0.471. The van der Waals surface area contributed by atoms with Crippen molar-refractivity contribution in [3.8, 4) is 0 Å². The molecule has 1 aliphatic heterocycles. The molecule has 22 heavy (non-hydrogen) atoms. The highest BCUT2D eigenvalue weighted by Gasteiger charge is 2.33. The van der Waals surface area contributed by atoms with E-state index < -0.39 is 0 Å². The highest BCUT2D eigenvalue weighted by molar-refractivity contribution is 9.10. The second-order valence-electron chi connectivity index (χ2n) is 6.18. The third-order valence-electron chi connectivity index (χ3n) is 4.68. The minimum atomic E-state index is 0.524. The van der Waals surface area contributed by atoms with Gasteiger partial charge >= 0.3 is 0 Å². The van der Waals surface area contributed by atoms with E-state index in [1.165, 1.54) is 11.3 Å². The zero-order valence-electron chi connectivity index (χ0n) is 13.2. The van der Waals surface area contributed by atoms with E-state index in [-0.39, 0.29) is 0 Å². The maximum absolute atomic E-state index is 6.03. The predicted octanol–water partition coefficient (Wildman–Crippen LogP) is 2.67. The molecule has 0 aliphatic carbocycles. The van der Waals surface area contributed by atoms with Crippen molar-refractivity contribution in [2.45, 2.75) is 19.4 Å². The van der Waals surface area contributed by atoms with E-state index in [2.05, 4.69) is 56.3 Å². The number of hydrogen-bond donors (Lipinski definition) is 1. The molecule has 1 aromatic carbocycles. The maximum Gasteiger partial charge on any atom is 0.0739 e. The van der Waals surface area contributed by atoms with Crippen LogP contribution in [0.5, 0.6) is 0 Å². The van der Waals surface area contributed by atoms with Gasteiger partial charge in [-0.15, -0.1) is 0 Å². The third kappa shape index (κ3) is 2.98. The summed E-state index contributed by atoms with van der Waals surface area (Å²) in [5.74, 6) is 1.05. The molecule has 1 aliphatic rings. The van der Waals surface area contributed by atoms with E-state index in [1.54, 1.807) is 0 Å². The number of nitrogens with zero attached hydrogens (tertiary/aromatic N) is 3. The first-order valence-electron chi connectivity index (χ1n) is 7.75. The van der Waals surface area contributed by atoms with E-state index in [4.69, 9.17) is 5.73 Å². The zero-order valence-corrected chi connectivity index (χ0v) is 14.8. The number of hydrogen-bond acceptors (Lipinski definition) is 3. The second kappa shape index (κ2) is 6.52. The largest absolute Gasteiger partial charge is 0.330 e. The average Bonchev–Trinajstić information content (AvgIpc) is 3.05. The highest BCUT2D eigenvalue weighted by atomic mass is 79.9. The van der Waals surface area contributed by atoms with Crippen molar-refractivity contribution in [2.24, 2.45) is 18.7 Å². The summed E-state index contributed by atoms with van der Waals surface area (Å²) < 4.78 is 3.11. The third-order valence-corrected chi connectivity index (χ3v) is 5.71. The van der Waals surface area contributed by atoms with Crippen LogP contribution in [0.2, 0.25) is 0 Å². The maximum atomic E-state index is 6.03. The summed E-state index contributed by atoms with van der Waals surface area (Å²) in [4.78, 5) is 2.50. The molecule has 118 valence electrons. The molecule has 0 amide bonds. The van der Waals surface area contributed by atoms with Crippen LogP contribution in [0.25, 0.3) is 0 Å². The minimum absolute atomic E-state index is 0.524. The topological polar surface area (TPSA) is 47.1 Å². The molecule has 3 rings (SSSR count). The first-order valence-corrected chi connectivity index (χ1v) is 8.54. The molecule has 1 saturated heterocycles. The van der Waals surface area contributed by atoms with Crippen LogP contribution in [0.4, 0.5) is 0 Å². The van der Waals surface area contributed by atoms with Gasteiger partial charge in [0.25, 0.3) is 0 Å². The Kier molecular flexibility index (Phi) is 4.66. The number of rotatable bonds is 4. The van der Waals surface area contributed by atoms with E-state index in [1.807, 2.05) is 18.7 Å². The molecule has 0 saturated carbocycles. The van der Waals surface area contributed by atoms with Crippen LogP contribution >= 0.6 is 15.9 Å². The molecule has 2 aromatic rings. The van der Waals surface area contributed by atoms with E-state index in [0.29, 0.717) is 11.8 Å². The molecule has 0 spiro atoms. The van der Waals surface area contributed by atoms with Gasteiger partial charge in [-0.05, 0) is 40.9 Å². The summed E-state index contributed by atoms with van der Waals surface area (Å²) in [5.41, 5.74) is 9.72. The van der Waals surface area contributed by atoms with E-state index >= 15 is 0 Å². The molecule has 0 bridgehead atoms. The number of aromatic nitrogens is 2. The Morgan fingerprint density at radius 3 is 2.59 bits per heavy atom. The molecular weight excluding hydrogens is 340 g/mol. The lowest BCUT2D eigenvalue weighted by molar-refractivity contribution is 0.307. The Morgan fingerprint density at radius 2 is 2.00 bits per heavy atom. The Morgan fingerprint density at radius 1 is 1.27 bits per heavy atom. The lowest BCUT2D eigenvalue weighted by Gasteiger charge is -2.17. The lowest BCUT2D eigenvalue weighted by Crippen LogP contribution is -2.24. The number of halogens is 1. The van der Waals surface area contributed by atoms with Crippen LogP contribution in [0.15, 0.2) is 34.8 Å². The second-order valence-corrected chi connectivity index (χ2v) is 6.97. The molecule has 1 aromatic heterocycles. The van der Waals surface area contributed by atoms with Crippen LogP contribution in [0.3, 0.4) is 0 Å². The molecule has 4 nitrogen and oxygen atoms in total. The Labute approximate surface area is 140 Å². The summed E-state index contributed by atoms with van der Waals surface area (Å²) in [6.45, 7) is 5.79. The average molecular weight is 363 g/mol. The van der Waals surface area contributed by atoms with Crippen LogP contribution in [-0.2, 0) is 13.6 Å². The highest BCUT2D eigenvalue weighted by Crippen LogP contribution is 2.33. The van der Waals surface area contributed by atoms with Gasteiger partial charge in [-0.25, -0.2) is 0 Å². The van der Waals surface area contributed by atoms with Gasteiger partial charge in [0.2, 0.25) is 0 Å². The molecule has 2 atom stereocenters. The smallest absolute Gasteiger partial charge is 0.0739 e. The molecule has 5 heteroatoms. The normalized spacial score (nSPS) is 22.4. The van der Waals surface area contributed by atoms with Crippen molar-refractivity contribution in [2.75, 3.05) is 19.6 Å². The van der Waals surface area contributed by atoms with E-state index in [0.717, 1.165) is 36.3 Å². The summed E-state index contributed by atoms with van der Waals surface area (Å²) >= 11 is 3.67. The summed E-state index contributed by atoms with van der Waals surface area (Å²) in [6.07, 6.45) is 0. The molecule has 0 unspecified atom stereocenters. The first kappa shape index (κ1) is 15.7. The zero-order chi connectivity index (χ0) is 15.7. The van der Waals surface area contributed by atoms with Gasteiger partial charge < -0.3 is 5.73 Å². The Hall–Kier alpha value is -1.17. The Bertz CT molecular complexity index is 638. The molecule has 2 N–H and O–H groups in total. The number of likely N-dealkylation sites (tertiary alicyclic amines) is 1. The summed E-state index contributed by atoms with van der Waals surface area (Å²) in [6, 6.07) is 10.8. The number of aryl methyl sites for hydroxylation is 2. The van der Waals surface area contributed by atoms with Crippen molar-refractivity contribution >= 4 is 15.9 Å². The van der Waals surface area contributed by atoms with Crippen LogP contribution in [0, 0.1) is 12.8 Å². The van der Waals surface area contributed by atoms with Gasteiger partial charge in [-0.2, -0.15) is 5.10 Å². The van der Waals surface area contributed by atoms with Gasteiger partial charge in [-0.3, -0.25) is 9.58 Å². The monoisotopic (exact) mass is 362 g/mol. The van der Waals surface area contributed by atoms with Crippen molar-refractivity contribution < 1.29 is 0 Å². The lowest BCUT2D eigenvalue weighted by atomic mass is 9.89. The first-order chi connectivity index (χ1) is 10.6. The fourth-order valence-electron chi connectivity index (χ4n) is 3.47. The minimum Gasteiger partial charge on any atom is -0.330 e. The van der Waals surface area contributed by atoms with Gasteiger partial charge in [-0.1, -0.05) is 30.3 Å². The van der Waals surface area contributed by atoms with Crippen molar-refractivity contribution in [3.05, 3.63) is 51.8 Å². The summed E-state index contributed by atoms with van der Waals surface area (Å²) in [7, 11) is 2.01. The molecular formula is C17H23BrN4. The van der Waals surface area contributed by atoms with Gasteiger partial charge in [0, 0.05) is 32.6 Å². The van der Waals surface area contributed by atoms with Gasteiger partial charge in [0.1, 0.15) is 0 Å². The van der Waals surface area contributed by atoms with Gasteiger partial charge in [0.05, 0.1) is 15.9 Å². The molecule has 2 heterocycles. The standard InChI is InChI=1S/C17H23BrN4/c1-12-17(18)16(21(2)20-12)11-22-9-14(8-19)15(10-22)13-6-4-3-5-7-13/h3-7,14-15H,8-11,19H2,1-2H3/t14-,15+/m1/s1. The van der Waals surface area contributed by atoms with Crippen molar-refractivity contribution in [1.82, 2.24) is 14.7 Å². The Balaban J connectivity index is 1.77. The van der Waals surface area contributed by atoms with Crippen molar-refractivity contribution in [1.29, 1.82) is 0 Å². The van der Waals surface area contributed by atoms with Crippen molar-refractivity contribution in [3.63, 3.8) is 0 Å². The quantitative estimate of drug-likeness (QED) is 0.909. The fourth-order valence-corrected chi connectivity index (χ4v) is 3.93. The van der Waals surface area contributed by atoms with Gasteiger partial charge in [0.15, 0.2) is 0 Å². The summed E-state index contributed by atoms with van der Waals surface area (Å²) in [5, 5.41) is 4.49. The van der Waals surface area contributed by atoms with E-state index in [9.17, 15) is 0 Å². The van der Waals surface area contributed by atoms with Crippen LogP contribution in [0.1, 0.15) is 22.9 Å². The molecule has 0 radical (unpaired) electrons. The number of benzene rings is 1. The SMILES string of the molecule is Cc1nn(C)c(CN2C[C@@H](CN)[C@H](c3ccccc3)C2)c1Br.